The third-order valence-corrected chi connectivity index (χ3v) is 3.09. The minimum absolute atomic E-state index is 0.0794. The van der Waals surface area contributed by atoms with Crippen LogP contribution in [0.4, 0.5) is 4.39 Å². The summed E-state index contributed by atoms with van der Waals surface area (Å²) >= 11 is 0. The first kappa shape index (κ1) is 12.8. The lowest BCUT2D eigenvalue weighted by Gasteiger charge is -2.21. The van der Waals surface area contributed by atoms with Crippen LogP contribution >= 0.6 is 0 Å². The summed E-state index contributed by atoms with van der Waals surface area (Å²) in [4.78, 5) is 0. The Hall–Kier alpha value is -1.61. The van der Waals surface area contributed by atoms with Crippen LogP contribution in [0.25, 0.3) is 0 Å². The van der Waals surface area contributed by atoms with Gasteiger partial charge in [-0.1, -0.05) is 19.1 Å². The fourth-order valence-electron chi connectivity index (χ4n) is 2.06. The molecule has 2 unspecified atom stereocenters. The monoisotopic (exact) mass is 247 g/mol. The molecule has 1 aromatic heterocycles. The number of hydrogen-bond acceptors (Lipinski definition) is 2. The van der Waals surface area contributed by atoms with Crippen molar-refractivity contribution in [1.29, 1.82) is 0 Å². The van der Waals surface area contributed by atoms with E-state index in [0.717, 1.165) is 17.7 Å². The highest BCUT2D eigenvalue weighted by atomic mass is 19.1. The highest BCUT2D eigenvalue weighted by Gasteiger charge is 2.15. The molecule has 0 saturated carbocycles. The lowest BCUT2D eigenvalue weighted by Crippen LogP contribution is -2.23. The first-order valence-electron chi connectivity index (χ1n) is 6.25. The van der Waals surface area contributed by atoms with Gasteiger partial charge in [-0.3, -0.25) is 0 Å². The summed E-state index contributed by atoms with van der Waals surface area (Å²) in [7, 11) is 0. The number of rotatable bonds is 5. The Kier molecular flexibility index (Phi) is 4.15. The average molecular weight is 247 g/mol. The summed E-state index contributed by atoms with van der Waals surface area (Å²) in [5.74, 6) is 0.716. The first-order valence-corrected chi connectivity index (χ1v) is 6.25. The molecule has 0 amide bonds. The first-order chi connectivity index (χ1) is 8.70. The molecule has 0 fully saturated rings. The molecule has 2 atom stereocenters. The van der Waals surface area contributed by atoms with Crippen LogP contribution in [0.3, 0.4) is 0 Å². The maximum absolute atomic E-state index is 13.2. The topological polar surface area (TPSA) is 25.2 Å². The zero-order chi connectivity index (χ0) is 13.0. The maximum atomic E-state index is 13.2. The summed E-state index contributed by atoms with van der Waals surface area (Å²) in [6, 6.07) is 10.7. The minimum atomic E-state index is -0.202. The predicted molar refractivity (Wildman–Crippen MR) is 69.7 cm³/mol. The molecule has 96 valence electrons. The third kappa shape index (κ3) is 2.99. The van der Waals surface area contributed by atoms with Crippen molar-refractivity contribution in [3.05, 3.63) is 59.8 Å². The van der Waals surface area contributed by atoms with Crippen LogP contribution in [0.2, 0.25) is 0 Å². The molecule has 2 nitrogen and oxygen atoms in total. The van der Waals surface area contributed by atoms with E-state index in [1.54, 1.807) is 18.4 Å². The van der Waals surface area contributed by atoms with Crippen molar-refractivity contribution in [2.75, 3.05) is 0 Å². The number of hydrogen-bond donors (Lipinski definition) is 1. The third-order valence-electron chi connectivity index (χ3n) is 3.09. The Morgan fingerprint density at radius 2 is 2.11 bits per heavy atom. The molecule has 1 heterocycles. The molecular formula is C15H18FNO. The second-order valence-corrected chi connectivity index (χ2v) is 4.42. The second kappa shape index (κ2) is 5.83. The quantitative estimate of drug-likeness (QED) is 0.855. The number of halogens is 1. The van der Waals surface area contributed by atoms with E-state index >= 15 is 0 Å². The van der Waals surface area contributed by atoms with Crippen molar-refractivity contribution < 1.29 is 8.81 Å². The summed E-state index contributed by atoms with van der Waals surface area (Å²) in [6.45, 7) is 4.12. The van der Waals surface area contributed by atoms with E-state index in [2.05, 4.69) is 12.2 Å². The van der Waals surface area contributed by atoms with Crippen LogP contribution in [0.15, 0.2) is 47.1 Å². The van der Waals surface area contributed by atoms with Gasteiger partial charge in [-0.15, -0.1) is 0 Å². The van der Waals surface area contributed by atoms with Gasteiger partial charge in [-0.05, 0) is 43.2 Å². The van der Waals surface area contributed by atoms with Gasteiger partial charge in [0.15, 0.2) is 0 Å². The van der Waals surface area contributed by atoms with E-state index in [-0.39, 0.29) is 17.9 Å². The summed E-state index contributed by atoms with van der Waals surface area (Å²) in [5, 5.41) is 3.45. The highest BCUT2D eigenvalue weighted by molar-refractivity contribution is 5.20. The van der Waals surface area contributed by atoms with Crippen molar-refractivity contribution in [2.24, 2.45) is 0 Å². The highest BCUT2D eigenvalue weighted by Crippen LogP contribution is 2.22. The SMILES string of the molecule is CCC(NC(C)c1cccc(F)c1)c1ccco1. The fourth-order valence-corrected chi connectivity index (χ4v) is 2.06. The lowest BCUT2D eigenvalue weighted by atomic mass is 10.1. The van der Waals surface area contributed by atoms with E-state index in [9.17, 15) is 4.39 Å². The zero-order valence-electron chi connectivity index (χ0n) is 10.7. The van der Waals surface area contributed by atoms with Crippen molar-refractivity contribution >= 4 is 0 Å². The van der Waals surface area contributed by atoms with Gasteiger partial charge in [0.25, 0.3) is 0 Å². The molecule has 1 N–H and O–H groups in total. The van der Waals surface area contributed by atoms with E-state index in [1.807, 2.05) is 25.1 Å². The molecule has 0 aliphatic heterocycles. The number of benzene rings is 1. The second-order valence-electron chi connectivity index (χ2n) is 4.42. The molecule has 0 radical (unpaired) electrons. The molecule has 0 saturated heterocycles. The van der Waals surface area contributed by atoms with Crippen molar-refractivity contribution in [2.45, 2.75) is 32.4 Å². The van der Waals surface area contributed by atoms with Gasteiger partial charge in [0.05, 0.1) is 12.3 Å². The van der Waals surface area contributed by atoms with Crippen LogP contribution in [-0.2, 0) is 0 Å². The van der Waals surface area contributed by atoms with Gasteiger partial charge in [0.2, 0.25) is 0 Å². The summed E-state index contributed by atoms with van der Waals surface area (Å²) < 4.78 is 18.6. The molecule has 2 aromatic rings. The van der Waals surface area contributed by atoms with Gasteiger partial charge in [-0.25, -0.2) is 4.39 Å². The molecule has 0 bridgehead atoms. The van der Waals surface area contributed by atoms with E-state index in [4.69, 9.17) is 4.42 Å². The Morgan fingerprint density at radius 3 is 2.72 bits per heavy atom. The van der Waals surface area contributed by atoms with Crippen LogP contribution in [0.5, 0.6) is 0 Å². The molecule has 0 aliphatic carbocycles. The molecule has 1 aromatic carbocycles. The molecule has 0 spiro atoms. The largest absolute Gasteiger partial charge is 0.468 e. The lowest BCUT2D eigenvalue weighted by molar-refractivity contribution is 0.376. The van der Waals surface area contributed by atoms with Crippen LogP contribution in [0.1, 0.15) is 43.7 Å². The minimum Gasteiger partial charge on any atom is -0.468 e. The van der Waals surface area contributed by atoms with Crippen molar-refractivity contribution in [3.8, 4) is 0 Å². The molecule has 0 aliphatic rings. The van der Waals surface area contributed by atoms with E-state index in [1.165, 1.54) is 6.07 Å². The molecular weight excluding hydrogens is 229 g/mol. The van der Waals surface area contributed by atoms with Gasteiger partial charge in [0.1, 0.15) is 11.6 Å². The van der Waals surface area contributed by atoms with Crippen molar-refractivity contribution in [3.63, 3.8) is 0 Å². The van der Waals surface area contributed by atoms with Gasteiger partial charge in [-0.2, -0.15) is 0 Å². The Morgan fingerprint density at radius 1 is 1.28 bits per heavy atom. The average Bonchev–Trinajstić information content (AvgIpc) is 2.89. The standard InChI is InChI=1S/C15H18FNO/c1-3-14(15-8-5-9-18-15)17-11(2)12-6-4-7-13(16)10-12/h4-11,14,17H,3H2,1-2H3. The molecule has 2 rings (SSSR count). The summed E-state index contributed by atoms with van der Waals surface area (Å²) in [6.07, 6.45) is 2.60. The fraction of sp³-hybridized carbons (Fsp3) is 0.333. The van der Waals surface area contributed by atoms with Gasteiger partial charge < -0.3 is 9.73 Å². The molecule has 18 heavy (non-hydrogen) atoms. The van der Waals surface area contributed by atoms with Gasteiger partial charge in [0, 0.05) is 6.04 Å². The van der Waals surface area contributed by atoms with E-state index < -0.39 is 0 Å². The molecule has 3 heteroatoms. The number of nitrogens with one attached hydrogen (secondary N) is 1. The zero-order valence-corrected chi connectivity index (χ0v) is 10.7. The maximum Gasteiger partial charge on any atom is 0.123 e. The number of furan rings is 1. The predicted octanol–water partition coefficient (Wildman–Crippen LogP) is 4.22. The van der Waals surface area contributed by atoms with Crippen LogP contribution in [-0.4, -0.2) is 0 Å². The van der Waals surface area contributed by atoms with Crippen LogP contribution < -0.4 is 5.32 Å². The Balaban J connectivity index is 2.08. The van der Waals surface area contributed by atoms with E-state index in [0.29, 0.717) is 0 Å². The normalized spacial score (nSPS) is 14.4. The Labute approximate surface area is 107 Å². The summed E-state index contributed by atoms with van der Waals surface area (Å²) in [5.41, 5.74) is 0.944. The van der Waals surface area contributed by atoms with Crippen molar-refractivity contribution in [1.82, 2.24) is 5.32 Å². The van der Waals surface area contributed by atoms with Gasteiger partial charge >= 0.3 is 0 Å². The smallest absolute Gasteiger partial charge is 0.123 e. The van der Waals surface area contributed by atoms with Crippen LogP contribution in [0, 0.1) is 5.82 Å². The Bertz CT molecular complexity index is 481.